The van der Waals surface area contributed by atoms with E-state index in [1.807, 2.05) is 19.1 Å². The first-order valence-electron chi connectivity index (χ1n) is 4.05. The number of aromatic nitrogens is 1. The van der Waals surface area contributed by atoms with Crippen LogP contribution in [0.4, 0.5) is 5.69 Å². The number of carbonyl (C=O) groups is 1. The van der Waals surface area contributed by atoms with Crippen LogP contribution in [0.5, 0.6) is 0 Å². The number of aromatic amines is 1. The highest BCUT2D eigenvalue weighted by Gasteiger charge is 2.06. The highest BCUT2D eigenvalue weighted by molar-refractivity contribution is 6.00. The van der Waals surface area contributed by atoms with E-state index >= 15 is 0 Å². The fourth-order valence-corrected chi connectivity index (χ4v) is 1.54. The fourth-order valence-electron chi connectivity index (χ4n) is 1.54. The summed E-state index contributed by atoms with van der Waals surface area (Å²) in [5.41, 5.74) is 9.03. The first kappa shape index (κ1) is 7.86. The summed E-state index contributed by atoms with van der Waals surface area (Å²) in [7, 11) is 0. The molecule has 0 spiro atoms. The highest BCUT2D eigenvalue weighted by Crippen LogP contribution is 2.25. The SMILES string of the molecule is Cc1c(N)ccc2[nH]cc(C=O)c12. The topological polar surface area (TPSA) is 58.9 Å². The number of nitrogen functional groups attached to an aromatic ring is 1. The van der Waals surface area contributed by atoms with Gasteiger partial charge in [-0.15, -0.1) is 0 Å². The van der Waals surface area contributed by atoms with Gasteiger partial charge in [0, 0.05) is 28.4 Å². The predicted molar refractivity (Wildman–Crippen MR) is 52.8 cm³/mol. The molecule has 2 aromatic rings. The molecule has 0 fully saturated rings. The molecular weight excluding hydrogens is 164 g/mol. The van der Waals surface area contributed by atoms with Gasteiger partial charge in [-0.2, -0.15) is 0 Å². The molecule has 1 heterocycles. The Kier molecular flexibility index (Phi) is 1.59. The van der Waals surface area contributed by atoms with Crippen molar-refractivity contribution in [3.05, 3.63) is 29.5 Å². The van der Waals surface area contributed by atoms with Gasteiger partial charge in [-0.25, -0.2) is 0 Å². The lowest BCUT2D eigenvalue weighted by molar-refractivity contribution is 0.112. The van der Waals surface area contributed by atoms with E-state index in [1.165, 1.54) is 0 Å². The van der Waals surface area contributed by atoms with Crippen molar-refractivity contribution in [1.82, 2.24) is 4.98 Å². The second kappa shape index (κ2) is 2.62. The lowest BCUT2D eigenvalue weighted by Crippen LogP contribution is -1.90. The molecule has 0 aliphatic heterocycles. The van der Waals surface area contributed by atoms with Crippen LogP contribution in [0.1, 0.15) is 15.9 Å². The maximum absolute atomic E-state index is 10.7. The van der Waals surface area contributed by atoms with Crippen molar-refractivity contribution >= 4 is 22.9 Å². The van der Waals surface area contributed by atoms with Gasteiger partial charge < -0.3 is 10.7 Å². The zero-order valence-corrected chi connectivity index (χ0v) is 7.29. The second-order valence-corrected chi connectivity index (χ2v) is 3.06. The van der Waals surface area contributed by atoms with Gasteiger partial charge in [-0.1, -0.05) is 0 Å². The smallest absolute Gasteiger partial charge is 0.152 e. The molecule has 3 heteroatoms. The number of nitrogens with one attached hydrogen (secondary N) is 1. The van der Waals surface area contributed by atoms with Gasteiger partial charge in [-0.05, 0) is 24.6 Å². The molecule has 0 saturated carbocycles. The molecule has 0 atom stereocenters. The Bertz CT molecular complexity index is 471. The van der Waals surface area contributed by atoms with E-state index in [1.54, 1.807) is 6.20 Å². The Hall–Kier alpha value is -1.77. The Balaban J connectivity index is 2.93. The van der Waals surface area contributed by atoms with Crippen LogP contribution in [0, 0.1) is 6.92 Å². The van der Waals surface area contributed by atoms with Crippen molar-refractivity contribution in [2.75, 3.05) is 5.73 Å². The van der Waals surface area contributed by atoms with Crippen molar-refractivity contribution in [2.24, 2.45) is 0 Å². The molecule has 1 aromatic heterocycles. The van der Waals surface area contributed by atoms with Crippen molar-refractivity contribution < 1.29 is 4.79 Å². The minimum absolute atomic E-state index is 0.666. The number of H-pyrrole nitrogens is 1. The third kappa shape index (κ3) is 1.01. The number of aldehydes is 1. The summed E-state index contributed by atoms with van der Waals surface area (Å²) in [4.78, 5) is 13.7. The number of nitrogens with two attached hydrogens (primary N) is 1. The van der Waals surface area contributed by atoms with Crippen molar-refractivity contribution in [1.29, 1.82) is 0 Å². The van der Waals surface area contributed by atoms with Gasteiger partial charge in [0.05, 0.1) is 0 Å². The number of hydrogen-bond donors (Lipinski definition) is 2. The first-order valence-corrected chi connectivity index (χ1v) is 4.05. The fraction of sp³-hybridized carbons (Fsp3) is 0.100. The van der Waals surface area contributed by atoms with Crippen LogP contribution >= 0.6 is 0 Å². The van der Waals surface area contributed by atoms with Gasteiger partial charge in [0.1, 0.15) is 0 Å². The molecule has 0 amide bonds. The second-order valence-electron chi connectivity index (χ2n) is 3.06. The molecule has 0 aliphatic carbocycles. The largest absolute Gasteiger partial charge is 0.398 e. The van der Waals surface area contributed by atoms with Gasteiger partial charge in [0.15, 0.2) is 6.29 Å². The molecule has 0 bridgehead atoms. The Morgan fingerprint density at radius 3 is 2.92 bits per heavy atom. The molecule has 66 valence electrons. The zero-order valence-electron chi connectivity index (χ0n) is 7.29. The monoisotopic (exact) mass is 174 g/mol. The van der Waals surface area contributed by atoms with Gasteiger partial charge in [0.25, 0.3) is 0 Å². The van der Waals surface area contributed by atoms with Crippen LogP contribution in [0.2, 0.25) is 0 Å². The molecular formula is C10H10N2O. The number of fused-ring (bicyclic) bond motifs is 1. The quantitative estimate of drug-likeness (QED) is 0.512. The van der Waals surface area contributed by atoms with Gasteiger partial charge in [0.2, 0.25) is 0 Å². The minimum atomic E-state index is 0.666. The van der Waals surface area contributed by atoms with E-state index in [4.69, 9.17) is 5.73 Å². The van der Waals surface area contributed by atoms with Crippen LogP contribution in [-0.4, -0.2) is 11.3 Å². The van der Waals surface area contributed by atoms with Crippen molar-refractivity contribution in [2.45, 2.75) is 6.92 Å². The average Bonchev–Trinajstić information content (AvgIpc) is 2.55. The summed E-state index contributed by atoms with van der Waals surface area (Å²) in [5.74, 6) is 0. The summed E-state index contributed by atoms with van der Waals surface area (Å²) in [6, 6.07) is 3.72. The molecule has 3 nitrogen and oxygen atoms in total. The normalized spacial score (nSPS) is 10.5. The van der Waals surface area contributed by atoms with E-state index < -0.39 is 0 Å². The average molecular weight is 174 g/mol. The summed E-state index contributed by atoms with van der Waals surface area (Å²) >= 11 is 0. The number of aryl methyl sites for hydroxylation is 1. The maximum atomic E-state index is 10.7. The van der Waals surface area contributed by atoms with Gasteiger partial charge in [-0.3, -0.25) is 4.79 Å². The molecule has 13 heavy (non-hydrogen) atoms. The summed E-state index contributed by atoms with van der Waals surface area (Å²) in [5, 5.41) is 0.926. The summed E-state index contributed by atoms with van der Waals surface area (Å²) in [6.07, 6.45) is 2.54. The van der Waals surface area contributed by atoms with Crippen LogP contribution in [0.15, 0.2) is 18.3 Å². The molecule has 0 radical (unpaired) electrons. The van der Waals surface area contributed by atoms with Crippen molar-refractivity contribution in [3.63, 3.8) is 0 Å². The van der Waals surface area contributed by atoms with E-state index in [9.17, 15) is 4.79 Å². The minimum Gasteiger partial charge on any atom is -0.398 e. The number of anilines is 1. The van der Waals surface area contributed by atoms with E-state index in [0.717, 1.165) is 28.4 Å². The third-order valence-electron chi connectivity index (χ3n) is 2.31. The predicted octanol–water partition coefficient (Wildman–Crippen LogP) is 1.87. The van der Waals surface area contributed by atoms with Crippen LogP contribution < -0.4 is 5.73 Å². The van der Waals surface area contributed by atoms with Crippen molar-refractivity contribution in [3.8, 4) is 0 Å². The van der Waals surface area contributed by atoms with E-state index in [0.29, 0.717) is 5.56 Å². The van der Waals surface area contributed by atoms with Crippen LogP contribution in [0.25, 0.3) is 10.9 Å². The summed E-state index contributed by atoms with van der Waals surface area (Å²) < 4.78 is 0. The lowest BCUT2D eigenvalue weighted by atomic mass is 10.1. The molecule has 3 N–H and O–H groups in total. The highest BCUT2D eigenvalue weighted by atomic mass is 16.1. The lowest BCUT2D eigenvalue weighted by Gasteiger charge is -2.01. The molecule has 0 saturated heterocycles. The molecule has 2 rings (SSSR count). The van der Waals surface area contributed by atoms with E-state index in [2.05, 4.69) is 4.98 Å². The van der Waals surface area contributed by atoms with Crippen LogP contribution in [0.3, 0.4) is 0 Å². The standard InChI is InChI=1S/C10H10N2O/c1-6-8(11)2-3-9-10(6)7(5-13)4-12-9/h2-5,12H,11H2,1H3. The Morgan fingerprint density at radius 1 is 1.46 bits per heavy atom. The molecule has 0 aliphatic rings. The molecule has 0 unspecified atom stereocenters. The number of hydrogen-bond acceptors (Lipinski definition) is 2. The summed E-state index contributed by atoms with van der Waals surface area (Å²) in [6.45, 7) is 1.92. The van der Waals surface area contributed by atoms with E-state index in [-0.39, 0.29) is 0 Å². The maximum Gasteiger partial charge on any atom is 0.152 e. The zero-order chi connectivity index (χ0) is 9.42. The Labute approximate surface area is 75.6 Å². The first-order chi connectivity index (χ1) is 6.24. The number of benzene rings is 1. The third-order valence-corrected chi connectivity index (χ3v) is 2.31. The van der Waals surface area contributed by atoms with Crippen LogP contribution in [-0.2, 0) is 0 Å². The number of rotatable bonds is 1. The number of carbonyl (C=O) groups excluding carboxylic acids is 1. The molecule has 1 aromatic carbocycles. The van der Waals surface area contributed by atoms with Gasteiger partial charge >= 0.3 is 0 Å². The Morgan fingerprint density at radius 2 is 2.23 bits per heavy atom.